The van der Waals surface area contributed by atoms with Crippen molar-refractivity contribution in [2.24, 2.45) is 9.98 Å². The summed E-state index contributed by atoms with van der Waals surface area (Å²) in [5.41, 5.74) is 2.83. The Balaban J connectivity index is 2.34. The van der Waals surface area contributed by atoms with Crippen LogP contribution in [0.3, 0.4) is 0 Å². The van der Waals surface area contributed by atoms with Gasteiger partial charge in [0.05, 0.1) is 14.2 Å². The molecule has 2 N–H and O–H groups in total. The van der Waals surface area contributed by atoms with Gasteiger partial charge in [0.15, 0.2) is 23.0 Å². The lowest BCUT2D eigenvalue weighted by molar-refractivity contribution is 0.373. The average Bonchev–Trinajstić information content (AvgIpc) is 2.71. The van der Waals surface area contributed by atoms with Crippen LogP contribution in [0.25, 0.3) is 0 Å². The van der Waals surface area contributed by atoms with Gasteiger partial charge in [-0.1, -0.05) is 12.1 Å². The molecule has 28 heavy (non-hydrogen) atoms. The standard InChI is InChI=1S/C22H28N2O4/c1-5-23-17(15-9-7-11-19(27-3)21(15)25)13-14-18(24-6-2)16-10-8-12-20(28-4)22(16)26/h7-12,25-26H,5-6,13-14H2,1-4H3/b23-17-,24-18-. The third-order valence-corrected chi connectivity index (χ3v) is 4.36. The molecule has 0 aliphatic rings. The number of phenolic OH excluding ortho intramolecular Hbond substituents is 2. The highest BCUT2D eigenvalue weighted by atomic mass is 16.5. The third-order valence-electron chi connectivity index (χ3n) is 4.36. The van der Waals surface area contributed by atoms with Gasteiger partial charge in [0.25, 0.3) is 0 Å². The summed E-state index contributed by atoms with van der Waals surface area (Å²) in [6, 6.07) is 10.7. The molecule has 0 aliphatic carbocycles. The fourth-order valence-corrected chi connectivity index (χ4v) is 3.06. The van der Waals surface area contributed by atoms with Crippen LogP contribution < -0.4 is 9.47 Å². The van der Waals surface area contributed by atoms with Crippen molar-refractivity contribution < 1.29 is 19.7 Å². The number of ether oxygens (including phenoxy) is 2. The van der Waals surface area contributed by atoms with E-state index >= 15 is 0 Å². The number of methoxy groups -OCH3 is 2. The lowest BCUT2D eigenvalue weighted by Gasteiger charge is -2.14. The van der Waals surface area contributed by atoms with E-state index in [1.807, 2.05) is 38.1 Å². The minimum Gasteiger partial charge on any atom is -0.504 e. The van der Waals surface area contributed by atoms with Crippen LogP contribution in [0.15, 0.2) is 46.4 Å². The van der Waals surface area contributed by atoms with E-state index in [0.29, 0.717) is 48.6 Å². The van der Waals surface area contributed by atoms with E-state index in [4.69, 9.17) is 9.47 Å². The van der Waals surface area contributed by atoms with E-state index in [1.54, 1.807) is 12.1 Å². The molecule has 2 aromatic rings. The lowest BCUT2D eigenvalue weighted by atomic mass is 9.98. The summed E-state index contributed by atoms with van der Waals surface area (Å²) in [5.74, 6) is 0.981. The van der Waals surface area contributed by atoms with Gasteiger partial charge in [-0.2, -0.15) is 0 Å². The summed E-state index contributed by atoms with van der Waals surface area (Å²) in [5, 5.41) is 21.0. The summed E-state index contributed by atoms with van der Waals surface area (Å²) in [6.45, 7) is 5.09. The molecule has 0 unspecified atom stereocenters. The third kappa shape index (κ3) is 4.82. The number of nitrogens with zero attached hydrogens (tertiary/aromatic N) is 2. The molecular weight excluding hydrogens is 356 g/mol. The van der Waals surface area contributed by atoms with E-state index in [9.17, 15) is 10.2 Å². The summed E-state index contributed by atoms with van der Waals surface area (Å²) >= 11 is 0. The number of benzene rings is 2. The van der Waals surface area contributed by atoms with Crippen molar-refractivity contribution in [3.8, 4) is 23.0 Å². The maximum Gasteiger partial charge on any atom is 0.166 e. The van der Waals surface area contributed by atoms with Crippen LogP contribution >= 0.6 is 0 Å². The van der Waals surface area contributed by atoms with Gasteiger partial charge >= 0.3 is 0 Å². The van der Waals surface area contributed by atoms with Crippen molar-refractivity contribution in [1.82, 2.24) is 0 Å². The van der Waals surface area contributed by atoms with Gasteiger partial charge in [0.1, 0.15) is 0 Å². The lowest BCUT2D eigenvalue weighted by Crippen LogP contribution is -2.09. The first-order chi connectivity index (χ1) is 13.6. The zero-order valence-electron chi connectivity index (χ0n) is 16.9. The van der Waals surface area contributed by atoms with Gasteiger partial charge in [-0.15, -0.1) is 0 Å². The first kappa shape index (κ1) is 21.3. The quantitative estimate of drug-likeness (QED) is 0.634. The van der Waals surface area contributed by atoms with Crippen molar-refractivity contribution in [1.29, 1.82) is 0 Å². The van der Waals surface area contributed by atoms with Gasteiger partial charge in [0, 0.05) is 35.6 Å². The first-order valence-corrected chi connectivity index (χ1v) is 9.36. The number of hydrogen-bond donors (Lipinski definition) is 2. The van der Waals surface area contributed by atoms with Crippen molar-refractivity contribution in [3.63, 3.8) is 0 Å². The van der Waals surface area contributed by atoms with Crippen molar-refractivity contribution in [2.75, 3.05) is 27.3 Å². The first-order valence-electron chi connectivity index (χ1n) is 9.36. The topological polar surface area (TPSA) is 83.6 Å². The summed E-state index contributed by atoms with van der Waals surface area (Å²) in [7, 11) is 3.04. The van der Waals surface area contributed by atoms with E-state index in [-0.39, 0.29) is 11.5 Å². The molecule has 2 rings (SSSR count). The molecule has 0 radical (unpaired) electrons. The van der Waals surface area contributed by atoms with Gasteiger partial charge in [0.2, 0.25) is 0 Å². The molecule has 0 spiro atoms. The minimum atomic E-state index is 0.0791. The molecule has 0 saturated carbocycles. The Bertz CT molecular complexity index is 788. The molecule has 0 atom stereocenters. The molecule has 0 aliphatic heterocycles. The normalized spacial score (nSPS) is 12.1. The highest BCUT2D eigenvalue weighted by Gasteiger charge is 2.17. The Morgan fingerprint density at radius 1 is 0.750 bits per heavy atom. The van der Waals surface area contributed by atoms with Crippen molar-refractivity contribution in [2.45, 2.75) is 26.7 Å². The molecule has 0 fully saturated rings. The fraction of sp³-hybridized carbons (Fsp3) is 0.364. The van der Waals surface area contributed by atoms with Crippen LogP contribution in [0.4, 0.5) is 0 Å². The van der Waals surface area contributed by atoms with Crippen molar-refractivity contribution >= 4 is 11.4 Å². The SMILES string of the molecule is CC/N=C(/CC/C(=N/CC)c1cccc(OC)c1O)c1cccc(OC)c1O. The number of para-hydroxylation sites is 2. The maximum atomic E-state index is 10.5. The largest absolute Gasteiger partial charge is 0.504 e. The van der Waals surface area contributed by atoms with E-state index in [2.05, 4.69) is 9.98 Å². The van der Waals surface area contributed by atoms with Crippen LogP contribution in [0.2, 0.25) is 0 Å². The molecule has 2 aromatic carbocycles. The molecule has 150 valence electrons. The monoisotopic (exact) mass is 384 g/mol. The number of rotatable bonds is 9. The van der Waals surface area contributed by atoms with Crippen LogP contribution in [0.5, 0.6) is 23.0 Å². The number of hydrogen-bond acceptors (Lipinski definition) is 6. The number of phenols is 2. The molecule has 0 bridgehead atoms. The van der Waals surface area contributed by atoms with Gasteiger partial charge < -0.3 is 19.7 Å². The molecule has 6 heteroatoms. The molecular formula is C22H28N2O4. The number of aromatic hydroxyl groups is 2. The van der Waals surface area contributed by atoms with E-state index < -0.39 is 0 Å². The van der Waals surface area contributed by atoms with Crippen LogP contribution in [0.1, 0.15) is 37.8 Å². The Morgan fingerprint density at radius 3 is 1.46 bits per heavy atom. The Kier molecular flexibility index (Phi) is 7.87. The molecule has 6 nitrogen and oxygen atoms in total. The molecule has 0 saturated heterocycles. The Morgan fingerprint density at radius 2 is 1.14 bits per heavy atom. The zero-order chi connectivity index (χ0) is 20.5. The highest BCUT2D eigenvalue weighted by Crippen LogP contribution is 2.33. The van der Waals surface area contributed by atoms with Gasteiger partial charge in [-0.3, -0.25) is 9.98 Å². The smallest absolute Gasteiger partial charge is 0.166 e. The molecule has 0 heterocycles. The second-order valence-corrected chi connectivity index (χ2v) is 6.05. The second-order valence-electron chi connectivity index (χ2n) is 6.05. The van der Waals surface area contributed by atoms with E-state index in [1.165, 1.54) is 14.2 Å². The predicted molar refractivity (Wildman–Crippen MR) is 113 cm³/mol. The fourth-order valence-electron chi connectivity index (χ4n) is 3.06. The minimum absolute atomic E-state index is 0.0791. The summed E-state index contributed by atoms with van der Waals surface area (Å²) in [4.78, 5) is 9.14. The predicted octanol–water partition coefficient (Wildman–Crippen LogP) is 4.21. The second kappa shape index (κ2) is 10.3. The van der Waals surface area contributed by atoms with Crippen molar-refractivity contribution in [3.05, 3.63) is 47.5 Å². The van der Waals surface area contributed by atoms with Crippen LogP contribution in [0, 0.1) is 0 Å². The Hall–Kier alpha value is -3.02. The van der Waals surface area contributed by atoms with E-state index in [0.717, 1.165) is 11.4 Å². The Labute approximate surface area is 166 Å². The summed E-state index contributed by atoms with van der Waals surface area (Å²) < 4.78 is 10.4. The summed E-state index contributed by atoms with van der Waals surface area (Å²) in [6.07, 6.45) is 1.12. The highest BCUT2D eigenvalue weighted by molar-refractivity contribution is 6.09. The molecule has 0 amide bonds. The average molecular weight is 384 g/mol. The number of aliphatic imine (C=N–C) groups is 2. The molecule has 0 aromatic heterocycles. The van der Waals surface area contributed by atoms with Crippen LogP contribution in [-0.4, -0.2) is 48.9 Å². The zero-order valence-corrected chi connectivity index (χ0v) is 16.9. The van der Waals surface area contributed by atoms with Gasteiger partial charge in [-0.25, -0.2) is 0 Å². The maximum absolute atomic E-state index is 10.5. The van der Waals surface area contributed by atoms with Gasteiger partial charge in [-0.05, 0) is 51.0 Å². The van der Waals surface area contributed by atoms with Crippen LogP contribution in [-0.2, 0) is 0 Å².